The van der Waals surface area contributed by atoms with Gasteiger partial charge in [-0.3, -0.25) is 4.79 Å². The van der Waals surface area contributed by atoms with Crippen molar-refractivity contribution in [3.05, 3.63) is 0 Å². The van der Waals surface area contributed by atoms with Gasteiger partial charge in [0.25, 0.3) is 0 Å². The monoisotopic (exact) mass is 187 g/mol. The summed E-state index contributed by atoms with van der Waals surface area (Å²) in [5.74, 6) is 0.141. The maximum absolute atomic E-state index is 11.6. The molecule has 0 fully saturated rings. The van der Waals surface area contributed by atoms with Gasteiger partial charge in [-0.2, -0.15) is 0 Å². The molecule has 0 saturated carbocycles. The number of hydrogen-bond acceptors (Lipinski definition) is 3. The van der Waals surface area contributed by atoms with Crippen LogP contribution in [0.4, 0.5) is 0 Å². The number of carbonyl (C=O) groups excluding carboxylic acids is 1. The number of likely N-dealkylation sites (N-methyl/N-ethyl adjacent to an activating group) is 2. The number of nitrogens with zero attached hydrogens (tertiary/aromatic N) is 1. The predicted octanol–water partition coefficient (Wildman–Crippen LogP) is -0.351. The van der Waals surface area contributed by atoms with Crippen molar-refractivity contribution in [3.63, 3.8) is 0 Å². The minimum Gasteiger partial charge on any atom is -0.344 e. The molecule has 0 spiro atoms. The summed E-state index contributed by atoms with van der Waals surface area (Å²) >= 11 is 0. The highest BCUT2D eigenvalue weighted by atomic mass is 16.2. The first-order chi connectivity index (χ1) is 6.17. The number of amides is 1. The van der Waals surface area contributed by atoms with Crippen molar-refractivity contribution < 1.29 is 4.79 Å². The normalized spacial score (nSPS) is 12.6. The molecule has 0 aliphatic rings. The van der Waals surface area contributed by atoms with Crippen LogP contribution in [0.1, 0.15) is 13.3 Å². The summed E-state index contributed by atoms with van der Waals surface area (Å²) < 4.78 is 0. The van der Waals surface area contributed by atoms with Gasteiger partial charge in [0.1, 0.15) is 0 Å². The Kier molecular flexibility index (Phi) is 6.54. The first kappa shape index (κ1) is 12.4. The van der Waals surface area contributed by atoms with Crippen molar-refractivity contribution in [1.82, 2.24) is 10.2 Å². The molecule has 4 heteroatoms. The fourth-order valence-corrected chi connectivity index (χ4v) is 1.14. The first-order valence-electron chi connectivity index (χ1n) is 4.77. The molecule has 0 aliphatic carbocycles. The molecule has 4 nitrogen and oxygen atoms in total. The summed E-state index contributed by atoms with van der Waals surface area (Å²) in [7, 11) is 3.69. The van der Waals surface area contributed by atoms with Crippen LogP contribution in [-0.4, -0.2) is 44.5 Å². The van der Waals surface area contributed by atoms with Gasteiger partial charge in [-0.05, 0) is 13.5 Å². The maximum Gasteiger partial charge on any atom is 0.226 e. The topological polar surface area (TPSA) is 58.4 Å². The molecule has 0 heterocycles. The highest BCUT2D eigenvalue weighted by Crippen LogP contribution is 2.03. The Bertz CT molecular complexity index is 146. The Labute approximate surface area is 80.5 Å². The van der Waals surface area contributed by atoms with E-state index in [4.69, 9.17) is 5.73 Å². The van der Waals surface area contributed by atoms with Gasteiger partial charge in [0.2, 0.25) is 5.91 Å². The van der Waals surface area contributed by atoms with Crippen molar-refractivity contribution in [2.75, 3.05) is 33.7 Å². The van der Waals surface area contributed by atoms with Gasteiger partial charge in [0, 0.05) is 26.7 Å². The van der Waals surface area contributed by atoms with Gasteiger partial charge >= 0.3 is 0 Å². The largest absolute Gasteiger partial charge is 0.344 e. The quantitative estimate of drug-likeness (QED) is 0.597. The lowest BCUT2D eigenvalue weighted by Gasteiger charge is -2.21. The van der Waals surface area contributed by atoms with Gasteiger partial charge in [-0.1, -0.05) is 6.92 Å². The number of nitrogens with two attached hydrogens (primary N) is 1. The van der Waals surface area contributed by atoms with E-state index in [-0.39, 0.29) is 11.8 Å². The molecular formula is C9H21N3O. The van der Waals surface area contributed by atoms with Crippen LogP contribution in [0.25, 0.3) is 0 Å². The van der Waals surface area contributed by atoms with Crippen molar-refractivity contribution in [2.45, 2.75) is 13.3 Å². The van der Waals surface area contributed by atoms with Crippen molar-refractivity contribution >= 4 is 5.91 Å². The van der Waals surface area contributed by atoms with Crippen LogP contribution in [-0.2, 0) is 4.79 Å². The molecule has 0 saturated heterocycles. The van der Waals surface area contributed by atoms with Gasteiger partial charge < -0.3 is 16.0 Å². The zero-order chi connectivity index (χ0) is 10.3. The van der Waals surface area contributed by atoms with E-state index in [1.807, 2.05) is 21.0 Å². The Morgan fingerprint density at radius 3 is 2.62 bits per heavy atom. The standard InChI is InChI=1S/C9H21N3O/c1-4-8(7-10)9(13)12(3)6-5-11-2/h8,11H,4-7,10H2,1-3H3. The third kappa shape index (κ3) is 4.24. The third-order valence-electron chi connectivity index (χ3n) is 2.20. The molecule has 1 atom stereocenters. The number of nitrogens with one attached hydrogen (secondary N) is 1. The van der Waals surface area contributed by atoms with Crippen molar-refractivity contribution in [2.24, 2.45) is 11.7 Å². The molecule has 3 N–H and O–H groups in total. The number of rotatable bonds is 6. The maximum atomic E-state index is 11.6. The summed E-state index contributed by atoms with van der Waals surface area (Å²) in [6.45, 7) is 4.00. The second kappa shape index (κ2) is 6.86. The average Bonchev–Trinajstić information content (AvgIpc) is 2.15. The molecule has 0 aliphatic heterocycles. The van der Waals surface area contributed by atoms with E-state index in [0.717, 1.165) is 19.5 Å². The Morgan fingerprint density at radius 1 is 1.62 bits per heavy atom. The van der Waals surface area contributed by atoms with E-state index < -0.39 is 0 Å². The fourth-order valence-electron chi connectivity index (χ4n) is 1.14. The third-order valence-corrected chi connectivity index (χ3v) is 2.20. The molecular weight excluding hydrogens is 166 g/mol. The minimum absolute atomic E-state index is 0.0122. The smallest absolute Gasteiger partial charge is 0.226 e. The Balaban J connectivity index is 3.92. The lowest BCUT2D eigenvalue weighted by atomic mass is 10.1. The molecule has 78 valence electrons. The van der Waals surface area contributed by atoms with E-state index in [1.54, 1.807) is 4.90 Å². The highest BCUT2D eigenvalue weighted by molar-refractivity contribution is 5.78. The summed E-state index contributed by atoms with van der Waals surface area (Å²) in [5.41, 5.74) is 5.49. The molecule has 0 aromatic heterocycles. The van der Waals surface area contributed by atoms with E-state index in [9.17, 15) is 4.79 Å². The van der Waals surface area contributed by atoms with Gasteiger partial charge in [0.15, 0.2) is 0 Å². The average molecular weight is 187 g/mol. The molecule has 1 amide bonds. The van der Waals surface area contributed by atoms with Crippen LogP contribution in [0.2, 0.25) is 0 Å². The molecule has 0 radical (unpaired) electrons. The first-order valence-corrected chi connectivity index (χ1v) is 4.77. The zero-order valence-electron chi connectivity index (χ0n) is 8.84. The van der Waals surface area contributed by atoms with Crippen molar-refractivity contribution in [3.8, 4) is 0 Å². The van der Waals surface area contributed by atoms with E-state index in [1.165, 1.54) is 0 Å². The minimum atomic E-state index is -0.0122. The molecule has 1 unspecified atom stereocenters. The number of hydrogen-bond donors (Lipinski definition) is 2. The van der Waals surface area contributed by atoms with Crippen molar-refractivity contribution in [1.29, 1.82) is 0 Å². The summed E-state index contributed by atoms with van der Waals surface area (Å²) in [6.07, 6.45) is 0.819. The molecule has 0 aromatic rings. The predicted molar refractivity (Wildman–Crippen MR) is 54.4 cm³/mol. The molecule has 0 aromatic carbocycles. The summed E-state index contributed by atoms with van der Waals surface area (Å²) in [5, 5.41) is 3.00. The van der Waals surface area contributed by atoms with E-state index in [0.29, 0.717) is 6.54 Å². The number of carbonyl (C=O) groups is 1. The molecule has 0 rings (SSSR count). The Morgan fingerprint density at radius 2 is 2.23 bits per heavy atom. The summed E-state index contributed by atoms with van der Waals surface area (Å²) in [4.78, 5) is 13.4. The van der Waals surface area contributed by atoms with Crippen LogP contribution < -0.4 is 11.1 Å². The van der Waals surface area contributed by atoms with E-state index in [2.05, 4.69) is 5.32 Å². The molecule has 0 bridgehead atoms. The van der Waals surface area contributed by atoms with Gasteiger partial charge in [-0.15, -0.1) is 0 Å². The highest BCUT2D eigenvalue weighted by Gasteiger charge is 2.17. The lowest BCUT2D eigenvalue weighted by Crippen LogP contribution is -2.39. The zero-order valence-corrected chi connectivity index (χ0v) is 8.84. The van der Waals surface area contributed by atoms with E-state index >= 15 is 0 Å². The SMILES string of the molecule is CCC(CN)C(=O)N(C)CCNC. The van der Waals surface area contributed by atoms with Crippen LogP contribution in [0.3, 0.4) is 0 Å². The second-order valence-corrected chi connectivity index (χ2v) is 3.20. The van der Waals surface area contributed by atoms with Crippen LogP contribution in [0.15, 0.2) is 0 Å². The fraction of sp³-hybridized carbons (Fsp3) is 0.889. The second-order valence-electron chi connectivity index (χ2n) is 3.20. The van der Waals surface area contributed by atoms with Gasteiger partial charge in [-0.25, -0.2) is 0 Å². The van der Waals surface area contributed by atoms with Crippen LogP contribution in [0, 0.1) is 5.92 Å². The lowest BCUT2D eigenvalue weighted by molar-refractivity contribution is -0.133. The molecule has 13 heavy (non-hydrogen) atoms. The Hall–Kier alpha value is -0.610. The van der Waals surface area contributed by atoms with Gasteiger partial charge in [0.05, 0.1) is 5.92 Å². The van der Waals surface area contributed by atoms with Crippen LogP contribution >= 0.6 is 0 Å². The summed E-state index contributed by atoms with van der Waals surface area (Å²) in [6, 6.07) is 0. The van der Waals surface area contributed by atoms with Crippen LogP contribution in [0.5, 0.6) is 0 Å².